The second kappa shape index (κ2) is 3.08. The highest BCUT2D eigenvalue weighted by Gasteiger charge is 2.37. The Morgan fingerprint density at radius 3 is 2.33 bits per heavy atom. The van der Waals surface area contributed by atoms with Crippen molar-refractivity contribution >= 4 is 5.91 Å². The zero-order valence-electron chi connectivity index (χ0n) is 7.75. The van der Waals surface area contributed by atoms with Crippen molar-refractivity contribution in [2.45, 2.75) is 45.1 Å². The van der Waals surface area contributed by atoms with Gasteiger partial charge in [0.25, 0.3) is 0 Å². The molecular weight excluding hydrogens is 150 g/mol. The lowest BCUT2D eigenvalue weighted by Gasteiger charge is -2.20. The summed E-state index contributed by atoms with van der Waals surface area (Å²) in [6.45, 7) is 3.13. The fraction of sp³-hybridized carbons (Fsp3) is 0.900. The number of amides is 1. The summed E-state index contributed by atoms with van der Waals surface area (Å²) in [5.41, 5.74) is 0. The van der Waals surface area contributed by atoms with Crippen LogP contribution in [-0.4, -0.2) is 23.4 Å². The van der Waals surface area contributed by atoms with Crippen molar-refractivity contribution in [1.82, 2.24) is 4.90 Å². The molecule has 1 heterocycles. The van der Waals surface area contributed by atoms with Crippen LogP contribution in [0, 0.1) is 5.92 Å². The molecule has 2 nitrogen and oxygen atoms in total. The monoisotopic (exact) mass is 167 g/mol. The van der Waals surface area contributed by atoms with Gasteiger partial charge in [-0.15, -0.1) is 0 Å². The van der Waals surface area contributed by atoms with Crippen LogP contribution in [0.2, 0.25) is 0 Å². The minimum atomic E-state index is 0.378. The summed E-state index contributed by atoms with van der Waals surface area (Å²) in [4.78, 5) is 13.7. The van der Waals surface area contributed by atoms with E-state index >= 15 is 0 Å². The van der Waals surface area contributed by atoms with Gasteiger partial charge in [0.15, 0.2) is 0 Å². The summed E-state index contributed by atoms with van der Waals surface area (Å²) in [6.07, 6.45) is 6.14. The standard InChI is InChI=1S/C10H17NO/c1-8-7-11(8)10(12)9-5-3-2-4-6-9/h8-9H,2-7H2,1H3. The molecule has 1 unspecified atom stereocenters. The highest BCUT2D eigenvalue weighted by molar-refractivity contribution is 5.81. The first-order valence-corrected chi connectivity index (χ1v) is 5.09. The molecule has 0 aromatic carbocycles. The molecule has 1 saturated heterocycles. The fourth-order valence-electron chi connectivity index (χ4n) is 2.13. The Morgan fingerprint density at radius 2 is 1.83 bits per heavy atom. The third kappa shape index (κ3) is 1.47. The van der Waals surface area contributed by atoms with E-state index in [1.54, 1.807) is 0 Å². The molecule has 1 saturated carbocycles. The highest BCUT2D eigenvalue weighted by atomic mass is 16.2. The number of rotatable bonds is 1. The van der Waals surface area contributed by atoms with Gasteiger partial charge in [-0.1, -0.05) is 19.3 Å². The maximum Gasteiger partial charge on any atom is 0.226 e. The minimum Gasteiger partial charge on any atom is -0.336 e. The minimum absolute atomic E-state index is 0.378. The molecule has 2 rings (SSSR count). The molecule has 0 radical (unpaired) electrons. The van der Waals surface area contributed by atoms with Gasteiger partial charge in [0.05, 0.1) is 0 Å². The van der Waals surface area contributed by atoms with Crippen molar-refractivity contribution in [3.05, 3.63) is 0 Å². The molecule has 2 heteroatoms. The third-order valence-corrected chi connectivity index (χ3v) is 3.10. The van der Waals surface area contributed by atoms with Crippen LogP contribution in [0.4, 0.5) is 0 Å². The molecular formula is C10H17NO. The Labute approximate surface area is 73.9 Å². The lowest BCUT2D eigenvalue weighted by atomic mass is 9.88. The van der Waals surface area contributed by atoms with Crippen molar-refractivity contribution in [2.24, 2.45) is 5.92 Å². The lowest BCUT2D eigenvalue weighted by Crippen LogP contribution is -2.25. The number of hydrogen-bond donors (Lipinski definition) is 0. The Hall–Kier alpha value is -0.530. The summed E-state index contributed by atoms with van der Waals surface area (Å²) in [7, 11) is 0. The molecule has 1 atom stereocenters. The van der Waals surface area contributed by atoms with Crippen LogP contribution in [-0.2, 0) is 4.79 Å². The summed E-state index contributed by atoms with van der Waals surface area (Å²) in [6, 6.07) is 0.541. The van der Waals surface area contributed by atoms with Crippen LogP contribution in [0.5, 0.6) is 0 Å². The van der Waals surface area contributed by atoms with Gasteiger partial charge < -0.3 is 4.90 Å². The Balaban J connectivity index is 1.86. The summed E-state index contributed by atoms with van der Waals surface area (Å²) in [5, 5.41) is 0. The van der Waals surface area contributed by atoms with E-state index in [9.17, 15) is 4.79 Å². The van der Waals surface area contributed by atoms with Crippen molar-refractivity contribution in [3.63, 3.8) is 0 Å². The van der Waals surface area contributed by atoms with Gasteiger partial charge in [-0.05, 0) is 19.8 Å². The van der Waals surface area contributed by atoms with Crippen molar-refractivity contribution in [3.8, 4) is 0 Å². The van der Waals surface area contributed by atoms with Gasteiger partial charge in [0.2, 0.25) is 5.91 Å². The lowest BCUT2D eigenvalue weighted by molar-refractivity contribution is -0.131. The van der Waals surface area contributed by atoms with Gasteiger partial charge in [0.1, 0.15) is 0 Å². The molecule has 68 valence electrons. The smallest absolute Gasteiger partial charge is 0.226 e. The molecule has 12 heavy (non-hydrogen) atoms. The Morgan fingerprint density at radius 1 is 1.25 bits per heavy atom. The van der Waals surface area contributed by atoms with Crippen LogP contribution in [0.15, 0.2) is 0 Å². The molecule has 0 aromatic rings. The van der Waals surface area contributed by atoms with Crippen LogP contribution >= 0.6 is 0 Å². The molecule has 1 aliphatic heterocycles. The third-order valence-electron chi connectivity index (χ3n) is 3.10. The van der Waals surface area contributed by atoms with Crippen LogP contribution in [0.25, 0.3) is 0 Å². The fourth-order valence-corrected chi connectivity index (χ4v) is 2.13. The largest absolute Gasteiger partial charge is 0.336 e. The molecule has 0 bridgehead atoms. The van der Waals surface area contributed by atoms with Crippen molar-refractivity contribution < 1.29 is 4.79 Å². The first kappa shape index (κ1) is 8.09. The number of nitrogens with zero attached hydrogens (tertiary/aromatic N) is 1. The first-order valence-electron chi connectivity index (χ1n) is 5.09. The van der Waals surface area contributed by atoms with Gasteiger partial charge in [-0.2, -0.15) is 0 Å². The second-order valence-corrected chi connectivity index (χ2v) is 4.17. The van der Waals surface area contributed by atoms with E-state index in [1.165, 1.54) is 19.3 Å². The zero-order valence-corrected chi connectivity index (χ0v) is 7.75. The molecule has 2 aliphatic rings. The average molecular weight is 167 g/mol. The van der Waals surface area contributed by atoms with Crippen molar-refractivity contribution in [2.75, 3.05) is 6.54 Å². The van der Waals surface area contributed by atoms with Crippen LogP contribution in [0.1, 0.15) is 39.0 Å². The van der Waals surface area contributed by atoms with E-state index in [0.29, 0.717) is 17.9 Å². The maximum absolute atomic E-state index is 11.7. The van der Waals surface area contributed by atoms with Gasteiger partial charge in [0, 0.05) is 18.5 Å². The second-order valence-electron chi connectivity index (χ2n) is 4.17. The predicted octanol–water partition coefficient (Wildman–Crippen LogP) is 1.80. The van der Waals surface area contributed by atoms with Crippen molar-refractivity contribution in [1.29, 1.82) is 0 Å². The summed E-state index contributed by atoms with van der Waals surface area (Å²) in [5.74, 6) is 0.811. The number of carbonyl (C=O) groups excluding carboxylic acids is 1. The normalized spacial score (nSPS) is 30.4. The van der Waals surface area contributed by atoms with Crippen LogP contribution < -0.4 is 0 Å². The van der Waals surface area contributed by atoms with Gasteiger partial charge in [-0.25, -0.2) is 0 Å². The highest BCUT2D eigenvalue weighted by Crippen LogP contribution is 2.29. The number of hydrogen-bond acceptors (Lipinski definition) is 1. The zero-order chi connectivity index (χ0) is 8.55. The molecule has 0 aromatic heterocycles. The first-order chi connectivity index (χ1) is 5.79. The van der Waals surface area contributed by atoms with E-state index < -0.39 is 0 Å². The average Bonchev–Trinajstić information content (AvgIpc) is 2.83. The topological polar surface area (TPSA) is 20.1 Å². The van der Waals surface area contributed by atoms with Gasteiger partial charge in [-0.3, -0.25) is 4.79 Å². The van der Waals surface area contributed by atoms with E-state index in [0.717, 1.165) is 19.4 Å². The molecule has 2 fully saturated rings. The molecule has 0 spiro atoms. The van der Waals surface area contributed by atoms with Crippen LogP contribution in [0.3, 0.4) is 0 Å². The SMILES string of the molecule is CC1CN1C(=O)C1CCCCC1. The Bertz CT molecular complexity index is 184. The van der Waals surface area contributed by atoms with E-state index in [-0.39, 0.29) is 0 Å². The van der Waals surface area contributed by atoms with E-state index in [2.05, 4.69) is 6.92 Å². The molecule has 1 amide bonds. The maximum atomic E-state index is 11.7. The molecule has 1 aliphatic carbocycles. The summed E-state index contributed by atoms with van der Waals surface area (Å²) < 4.78 is 0. The quantitative estimate of drug-likeness (QED) is 0.545. The number of carbonyl (C=O) groups is 1. The Kier molecular flexibility index (Phi) is 2.07. The summed E-state index contributed by atoms with van der Waals surface area (Å²) >= 11 is 0. The van der Waals surface area contributed by atoms with E-state index in [4.69, 9.17) is 0 Å². The molecule has 0 N–H and O–H groups in total. The van der Waals surface area contributed by atoms with E-state index in [1.807, 2.05) is 4.90 Å². The van der Waals surface area contributed by atoms with Gasteiger partial charge >= 0.3 is 0 Å². The predicted molar refractivity (Wildman–Crippen MR) is 47.8 cm³/mol.